The molecule has 1 aliphatic carbocycles. The average Bonchev–Trinajstić information content (AvgIpc) is 3.01. The van der Waals surface area contributed by atoms with Gasteiger partial charge in [-0.3, -0.25) is 4.99 Å². The monoisotopic (exact) mass is 306 g/mol. The van der Waals surface area contributed by atoms with Gasteiger partial charge >= 0.3 is 0 Å². The number of nitrogens with one attached hydrogen (secondary N) is 2. The van der Waals surface area contributed by atoms with Crippen LogP contribution in [0.4, 0.5) is 0 Å². The number of hydrogen-bond donors (Lipinski definition) is 2. The molecule has 6 heteroatoms. The maximum Gasteiger partial charge on any atom is 0.191 e. The molecule has 124 valence electrons. The molecule has 0 saturated heterocycles. The lowest BCUT2D eigenvalue weighted by Gasteiger charge is -2.35. The molecular formula is C16H30N6. The molecule has 0 radical (unpaired) electrons. The van der Waals surface area contributed by atoms with Gasteiger partial charge in [-0.25, -0.2) is 0 Å². The van der Waals surface area contributed by atoms with Gasteiger partial charge in [0.05, 0.1) is 0 Å². The zero-order valence-corrected chi connectivity index (χ0v) is 14.2. The van der Waals surface area contributed by atoms with Gasteiger partial charge < -0.3 is 15.2 Å². The first kappa shape index (κ1) is 16.8. The number of nitrogens with zero attached hydrogens (tertiary/aromatic N) is 4. The SMILES string of the molecule is CN=C(NCCCCn1cnnc1)NC1CCC(C)(C)CC1. The van der Waals surface area contributed by atoms with Crippen molar-refractivity contribution < 1.29 is 0 Å². The second-order valence-corrected chi connectivity index (χ2v) is 6.99. The van der Waals surface area contributed by atoms with Crippen LogP contribution in [0.3, 0.4) is 0 Å². The van der Waals surface area contributed by atoms with Crippen LogP contribution in [-0.2, 0) is 6.54 Å². The van der Waals surface area contributed by atoms with Crippen molar-refractivity contribution in [3.05, 3.63) is 12.7 Å². The highest BCUT2D eigenvalue weighted by Crippen LogP contribution is 2.34. The molecule has 1 heterocycles. The second kappa shape index (κ2) is 8.15. The Balaban J connectivity index is 1.59. The summed E-state index contributed by atoms with van der Waals surface area (Å²) in [5.74, 6) is 0.939. The van der Waals surface area contributed by atoms with Crippen molar-refractivity contribution in [3.63, 3.8) is 0 Å². The third kappa shape index (κ3) is 5.66. The van der Waals surface area contributed by atoms with Crippen molar-refractivity contribution in [1.29, 1.82) is 0 Å². The molecule has 1 aromatic rings. The molecule has 0 bridgehead atoms. The predicted molar refractivity (Wildman–Crippen MR) is 89.8 cm³/mol. The number of guanidine groups is 1. The van der Waals surface area contributed by atoms with Crippen LogP contribution in [-0.4, -0.2) is 40.4 Å². The van der Waals surface area contributed by atoms with Gasteiger partial charge in [-0.1, -0.05) is 13.8 Å². The minimum absolute atomic E-state index is 0.511. The van der Waals surface area contributed by atoms with Crippen LogP contribution in [0.15, 0.2) is 17.6 Å². The molecule has 1 saturated carbocycles. The lowest BCUT2D eigenvalue weighted by molar-refractivity contribution is 0.216. The van der Waals surface area contributed by atoms with Gasteiger partial charge in [0.15, 0.2) is 5.96 Å². The highest BCUT2D eigenvalue weighted by molar-refractivity contribution is 5.79. The molecule has 0 atom stereocenters. The van der Waals surface area contributed by atoms with E-state index in [9.17, 15) is 0 Å². The summed E-state index contributed by atoms with van der Waals surface area (Å²) >= 11 is 0. The Hall–Kier alpha value is -1.59. The van der Waals surface area contributed by atoms with Gasteiger partial charge in [-0.15, -0.1) is 10.2 Å². The number of aromatic nitrogens is 3. The molecular weight excluding hydrogens is 276 g/mol. The third-order valence-electron chi connectivity index (χ3n) is 4.51. The summed E-state index contributed by atoms with van der Waals surface area (Å²) in [7, 11) is 1.85. The Bertz CT molecular complexity index is 441. The first-order valence-electron chi connectivity index (χ1n) is 8.39. The first-order valence-corrected chi connectivity index (χ1v) is 8.39. The first-order chi connectivity index (χ1) is 10.6. The van der Waals surface area contributed by atoms with Crippen LogP contribution in [0.5, 0.6) is 0 Å². The fraction of sp³-hybridized carbons (Fsp3) is 0.812. The Morgan fingerprint density at radius 2 is 1.91 bits per heavy atom. The van der Waals surface area contributed by atoms with Gasteiger partial charge in [0.1, 0.15) is 12.7 Å². The zero-order valence-electron chi connectivity index (χ0n) is 14.2. The topological polar surface area (TPSA) is 67.1 Å². The van der Waals surface area contributed by atoms with Crippen molar-refractivity contribution in [2.24, 2.45) is 10.4 Å². The van der Waals surface area contributed by atoms with Crippen molar-refractivity contribution in [2.75, 3.05) is 13.6 Å². The van der Waals surface area contributed by atoms with E-state index in [1.54, 1.807) is 12.7 Å². The maximum atomic E-state index is 4.34. The molecule has 0 amide bonds. The van der Waals surface area contributed by atoms with E-state index < -0.39 is 0 Å². The van der Waals surface area contributed by atoms with E-state index >= 15 is 0 Å². The molecule has 0 spiro atoms. The molecule has 0 aliphatic heterocycles. The second-order valence-electron chi connectivity index (χ2n) is 6.99. The summed E-state index contributed by atoms with van der Waals surface area (Å²) in [6, 6.07) is 0.566. The van der Waals surface area contributed by atoms with Crippen molar-refractivity contribution in [2.45, 2.75) is 65.0 Å². The van der Waals surface area contributed by atoms with Crippen LogP contribution in [0.25, 0.3) is 0 Å². The van der Waals surface area contributed by atoms with Crippen LogP contribution in [0, 0.1) is 5.41 Å². The van der Waals surface area contributed by atoms with Crippen molar-refractivity contribution in [3.8, 4) is 0 Å². The molecule has 22 heavy (non-hydrogen) atoms. The fourth-order valence-electron chi connectivity index (χ4n) is 2.90. The molecule has 1 fully saturated rings. The minimum Gasteiger partial charge on any atom is -0.356 e. The van der Waals surface area contributed by atoms with E-state index in [4.69, 9.17) is 0 Å². The highest BCUT2D eigenvalue weighted by Gasteiger charge is 2.26. The van der Waals surface area contributed by atoms with E-state index in [0.717, 1.165) is 31.9 Å². The van der Waals surface area contributed by atoms with Gasteiger partial charge in [-0.05, 0) is 43.9 Å². The molecule has 0 unspecified atom stereocenters. The number of aliphatic imine (C=N–C) groups is 1. The fourth-order valence-corrected chi connectivity index (χ4v) is 2.90. The molecule has 1 aromatic heterocycles. The van der Waals surface area contributed by atoms with Gasteiger partial charge in [0.2, 0.25) is 0 Å². The van der Waals surface area contributed by atoms with E-state index in [0.29, 0.717) is 11.5 Å². The van der Waals surface area contributed by atoms with Crippen LogP contribution in [0.2, 0.25) is 0 Å². The lowest BCUT2D eigenvalue weighted by atomic mass is 9.75. The Morgan fingerprint density at radius 1 is 1.23 bits per heavy atom. The van der Waals surface area contributed by atoms with Crippen LogP contribution < -0.4 is 10.6 Å². The smallest absolute Gasteiger partial charge is 0.191 e. The molecule has 2 rings (SSSR count). The molecule has 0 aromatic carbocycles. The van der Waals surface area contributed by atoms with E-state index in [2.05, 4.69) is 39.7 Å². The minimum atomic E-state index is 0.511. The average molecular weight is 306 g/mol. The normalized spacial score (nSPS) is 19.1. The van der Waals surface area contributed by atoms with E-state index in [-0.39, 0.29) is 0 Å². The van der Waals surface area contributed by atoms with Crippen LogP contribution >= 0.6 is 0 Å². The predicted octanol–water partition coefficient (Wildman–Crippen LogP) is 2.19. The third-order valence-corrected chi connectivity index (χ3v) is 4.51. The Kier molecular flexibility index (Phi) is 6.21. The van der Waals surface area contributed by atoms with Crippen molar-refractivity contribution >= 4 is 5.96 Å². The largest absolute Gasteiger partial charge is 0.356 e. The number of aryl methyl sites for hydroxylation is 1. The summed E-state index contributed by atoms with van der Waals surface area (Å²) in [4.78, 5) is 4.34. The number of unbranched alkanes of at least 4 members (excludes halogenated alkanes) is 1. The lowest BCUT2D eigenvalue weighted by Crippen LogP contribution is -2.45. The molecule has 1 aliphatic rings. The summed E-state index contributed by atoms with van der Waals surface area (Å²) in [5.41, 5.74) is 0.511. The summed E-state index contributed by atoms with van der Waals surface area (Å²) < 4.78 is 2.01. The summed E-state index contributed by atoms with van der Waals surface area (Å²) in [6.45, 7) is 6.65. The van der Waals surface area contributed by atoms with Gasteiger partial charge in [0, 0.05) is 26.2 Å². The summed E-state index contributed by atoms with van der Waals surface area (Å²) in [5, 5.41) is 14.6. The Morgan fingerprint density at radius 3 is 2.55 bits per heavy atom. The van der Waals surface area contributed by atoms with Crippen LogP contribution in [0.1, 0.15) is 52.4 Å². The van der Waals surface area contributed by atoms with E-state index in [1.165, 1.54) is 25.7 Å². The Labute approximate surface area is 133 Å². The van der Waals surface area contributed by atoms with Gasteiger partial charge in [0.25, 0.3) is 0 Å². The molecule has 6 nitrogen and oxygen atoms in total. The number of rotatable bonds is 6. The standard InChI is InChI=1S/C16H30N6/c1-16(2)8-6-14(7-9-16)21-15(17-3)18-10-4-5-11-22-12-19-20-13-22/h12-14H,4-11H2,1-3H3,(H2,17,18,21). The van der Waals surface area contributed by atoms with Crippen molar-refractivity contribution in [1.82, 2.24) is 25.4 Å². The summed E-state index contributed by atoms with van der Waals surface area (Å²) in [6.07, 6.45) is 10.8. The van der Waals surface area contributed by atoms with E-state index in [1.807, 2.05) is 11.6 Å². The van der Waals surface area contributed by atoms with Gasteiger partial charge in [-0.2, -0.15) is 0 Å². The number of hydrogen-bond acceptors (Lipinski definition) is 3. The highest BCUT2D eigenvalue weighted by atomic mass is 15.2. The maximum absolute atomic E-state index is 4.34. The zero-order chi connectivity index (χ0) is 15.8. The quantitative estimate of drug-likeness (QED) is 0.480. The molecule has 2 N–H and O–H groups in total.